The van der Waals surface area contributed by atoms with E-state index in [-0.39, 0.29) is 29.1 Å². The molecule has 0 spiro atoms. The molecule has 0 fully saturated rings. The molecule has 0 atom stereocenters. The van der Waals surface area contributed by atoms with Gasteiger partial charge < -0.3 is 20.7 Å². The molecule has 0 aliphatic carbocycles. The van der Waals surface area contributed by atoms with E-state index in [9.17, 15) is 9.59 Å². The van der Waals surface area contributed by atoms with Crippen LogP contribution in [-0.4, -0.2) is 48.4 Å². The lowest BCUT2D eigenvalue weighted by molar-refractivity contribution is 0.0996. The van der Waals surface area contributed by atoms with Crippen molar-refractivity contribution in [1.29, 1.82) is 0 Å². The topological polar surface area (TPSA) is 110 Å². The highest BCUT2D eigenvalue weighted by Crippen LogP contribution is 2.30. The Bertz CT molecular complexity index is 821. The molecule has 0 aliphatic heterocycles. The van der Waals surface area contributed by atoms with E-state index in [4.69, 9.17) is 10.5 Å². The molecular weight excluding hydrogens is 402 g/mol. The van der Waals surface area contributed by atoms with Crippen molar-refractivity contribution in [1.82, 2.24) is 14.6 Å². The van der Waals surface area contributed by atoms with Crippen molar-refractivity contribution in [2.45, 2.75) is 39.2 Å². The van der Waals surface area contributed by atoms with Gasteiger partial charge in [-0.1, -0.05) is 42.7 Å². The van der Waals surface area contributed by atoms with Crippen molar-refractivity contribution in [3.8, 4) is 5.88 Å². The molecule has 1 aromatic heterocycles. The number of hydrogen-bond acceptors (Lipinski definition) is 6. The Kier molecular flexibility index (Phi) is 9.56. The average molecular weight is 434 g/mol. The van der Waals surface area contributed by atoms with Crippen LogP contribution in [0.4, 0.5) is 9.80 Å². The lowest BCUT2D eigenvalue weighted by atomic mass is 10.2. The quantitative estimate of drug-likeness (QED) is 0.445. The lowest BCUT2D eigenvalue weighted by Gasteiger charge is -2.09. The first kappa shape index (κ1) is 23.6. The molecule has 30 heavy (non-hydrogen) atoms. The molecule has 2 aromatic rings. The number of unbranched alkanes of at least 4 members (excludes halogenated alkanes) is 3. The van der Waals surface area contributed by atoms with Crippen LogP contribution in [0.1, 0.15) is 47.2 Å². The second kappa shape index (κ2) is 12.1. The van der Waals surface area contributed by atoms with Crippen molar-refractivity contribution in [3.63, 3.8) is 0 Å². The van der Waals surface area contributed by atoms with Crippen LogP contribution in [-0.2, 0) is 6.61 Å². The largest absolute Gasteiger partial charge is 0.472 e. The van der Waals surface area contributed by atoms with Crippen LogP contribution < -0.4 is 21.1 Å². The zero-order valence-corrected chi connectivity index (χ0v) is 18.7. The predicted octanol–water partition coefficient (Wildman–Crippen LogP) is 3.37. The third-order valence-electron chi connectivity index (χ3n) is 4.45. The Morgan fingerprint density at radius 1 is 1.13 bits per heavy atom. The molecular formula is C21H31N5O3S. The van der Waals surface area contributed by atoms with Gasteiger partial charge in [0.25, 0.3) is 5.91 Å². The first-order chi connectivity index (χ1) is 14.4. The highest BCUT2D eigenvalue weighted by molar-refractivity contribution is 7.11. The molecule has 164 valence electrons. The maximum absolute atomic E-state index is 12.1. The maximum Gasteiger partial charge on any atom is 0.319 e. The summed E-state index contributed by atoms with van der Waals surface area (Å²) in [6.45, 7) is 3.90. The monoisotopic (exact) mass is 433 g/mol. The highest BCUT2D eigenvalue weighted by atomic mass is 32.1. The van der Waals surface area contributed by atoms with Gasteiger partial charge in [-0.2, -0.15) is 4.37 Å². The van der Waals surface area contributed by atoms with Crippen LogP contribution in [0, 0.1) is 6.92 Å². The first-order valence-corrected chi connectivity index (χ1v) is 10.8. The van der Waals surface area contributed by atoms with Gasteiger partial charge in [-0.15, -0.1) is 0 Å². The van der Waals surface area contributed by atoms with Gasteiger partial charge in [-0.05, 0) is 57.5 Å². The number of amides is 3. The number of primary amides is 1. The van der Waals surface area contributed by atoms with Gasteiger partial charge in [0.05, 0.1) is 0 Å². The van der Waals surface area contributed by atoms with E-state index >= 15 is 0 Å². The van der Waals surface area contributed by atoms with Crippen LogP contribution in [0.2, 0.25) is 0 Å². The Morgan fingerprint density at radius 2 is 1.83 bits per heavy atom. The van der Waals surface area contributed by atoms with Gasteiger partial charge in [-0.25, -0.2) is 4.79 Å². The third-order valence-corrected chi connectivity index (χ3v) is 5.19. The number of benzene rings is 1. The zero-order valence-electron chi connectivity index (χ0n) is 17.9. The number of aryl methyl sites for hydroxylation is 1. The normalized spacial score (nSPS) is 10.8. The molecule has 0 radical (unpaired) electrons. The molecule has 0 saturated heterocycles. The summed E-state index contributed by atoms with van der Waals surface area (Å²) in [5, 5.41) is 5.73. The maximum atomic E-state index is 12.1. The van der Waals surface area contributed by atoms with Crippen LogP contribution >= 0.6 is 11.5 Å². The van der Waals surface area contributed by atoms with E-state index in [0.29, 0.717) is 6.54 Å². The van der Waals surface area contributed by atoms with Crippen molar-refractivity contribution in [3.05, 3.63) is 41.0 Å². The fourth-order valence-corrected chi connectivity index (χ4v) is 3.50. The average Bonchev–Trinajstić information content (AvgIpc) is 3.09. The van der Waals surface area contributed by atoms with Crippen LogP contribution in [0.5, 0.6) is 5.88 Å². The van der Waals surface area contributed by atoms with Crippen LogP contribution in [0.15, 0.2) is 24.3 Å². The van der Waals surface area contributed by atoms with Crippen molar-refractivity contribution >= 4 is 28.5 Å². The van der Waals surface area contributed by atoms with E-state index in [0.717, 1.165) is 54.9 Å². The van der Waals surface area contributed by atoms with E-state index in [1.54, 1.807) is 0 Å². The molecule has 8 nitrogen and oxygen atoms in total. The number of rotatable bonds is 12. The van der Waals surface area contributed by atoms with Gasteiger partial charge in [-0.3, -0.25) is 10.1 Å². The molecule has 0 bridgehead atoms. The number of ether oxygens (including phenoxy) is 1. The van der Waals surface area contributed by atoms with Crippen molar-refractivity contribution < 1.29 is 14.3 Å². The number of nitrogens with one attached hydrogen (secondary N) is 2. The Morgan fingerprint density at radius 3 is 2.50 bits per heavy atom. The van der Waals surface area contributed by atoms with E-state index in [2.05, 4.69) is 34.0 Å². The number of urea groups is 1. The summed E-state index contributed by atoms with van der Waals surface area (Å²) in [5.74, 6) is -0.567. The van der Waals surface area contributed by atoms with Crippen LogP contribution in [0.3, 0.4) is 0 Å². The summed E-state index contributed by atoms with van der Waals surface area (Å²) in [6.07, 6.45) is 4.23. The molecule has 0 saturated carbocycles. The first-order valence-electron chi connectivity index (χ1n) is 10.0. The summed E-state index contributed by atoms with van der Waals surface area (Å²) in [5.41, 5.74) is 7.67. The number of aromatic nitrogens is 1. The SMILES string of the molecule is Cc1ccc(COc2nsc(NC(=O)NCCCCCCN(C)C)c2C(N)=O)cc1. The number of carbonyl (C=O) groups excluding carboxylic acids is 2. The van der Waals surface area contributed by atoms with Crippen molar-refractivity contribution in [2.75, 3.05) is 32.5 Å². The number of nitrogens with zero attached hydrogens (tertiary/aromatic N) is 2. The summed E-state index contributed by atoms with van der Waals surface area (Å²) >= 11 is 0.971. The van der Waals surface area contributed by atoms with E-state index < -0.39 is 5.91 Å². The predicted molar refractivity (Wildman–Crippen MR) is 120 cm³/mol. The minimum Gasteiger partial charge on any atom is -0.472 e. The molecule has 3 amide bonds. The van der Waals surface area contributed by atoms with Gasteiger partial charge in [0.15, 0.2) is 0 Å². The van der Waals surface area contributed by atoms with E-state index in [1.165, 1.54) is 0 Å². The molecule has 0 aliphatic rings. The summed E-state index contributed by atoms with van der Waals surface area (Å²) in [4.78, 5) is 26.2. The molecule has 0 unspecified atom stereocenters. The number of nitrogens with two attached hydrogens (primary N) is 1. The second-order valence-electron chi connectivity index (χ2n) is 7.43. The fraction of sp³-hybridized carbons (Fsp3) is 0.476. The fourth-order valence-electron chi connectivity index (χ4n) is 2.77. The standard InChI is InChI=1S/C21H31N5O3S/c1-15-8-10-16(11-9-15)14-29-19-17(18(22)27)20(30-25-19)24-21(28)23-12-6-4-5-7-13-26(2)3/h8-11H,4-7,12-14H2,1-3H3,(H2,22,27)(H2,23,24,28). The number of anilines is 1. The number of carbonyl (C=O) groups is 2. The Labute approximate surface area is 182 Å². The minimum atomic E-state index is -0.696. The van der Waals surface area contributed by atoms with Gasteiger partial charge in [0.2, 0.25) is 5.88 Å². The summed E-state index contributed by atoms with van der Waals surface area (Å²) < 4.78 is 9.80. The summed E-state index contributed by atoms with van der Waals surface area (Å²) in [7, 11) is 4.12. The molecule has 1 aromatic carbocycles. The second-order valence-corrected chi connectivity index (χ2v) is 8.20. The van der Waals surface area contributed by atoms with Gasteiger partial charge in [0.1, 0.15) is 17.2 Å². The Balaban J connectivity index is 1.81. The minimum absolute atomic E-state index is 0.0888. The lowest BCUT2D eigenvalue weighted by Crippen LogP contribution is -2.30. The molecule has 2 rings (SSSR count). The molecule has 4 N–H and O–H groups in total. The highest BCUT2D eigenvalue weighted by Gasteiger charge is 2.21. The Hall–Kier alpha value is -2.65. The molecule has 9 heteroatoms. The van der Waals surface area contributed by atoms with E-state index in [1.807, 2.05) is 31.2 Å². The number of hydrogen-bond donors (Lipinski definition) is 3. The van der Waals surface area contributed by atoms with Crippen molar-refractivity contribution in [2.24, 2.45) is 5.73 Å². The smallest absolute Gasteiger partial charge is 0.319 e. The van der Waals surface area contributed by atoms with Crippen LogP contribution in [0.25, 0.3) is 0 Å². The third kappa shape index (κ3) is 8.00. The van der Waals surface area contributed by atoms with Gasteiger partial charge >= 0.3 is 6.03 Å². The zero-order chi connectivity index (χ0) is 21.9. The molecule has 1 heterocycles. The summed E-state index contributed by atoms with van der Waals surface area (Å²) in [6, 6.07) is 7.46. The van der Waals surface area contributed by atoms with Gasteiger partial charge in [0, 0.05) is 6.54 Å².